The van der Waals surface area contributed by atoms with Crippen LogP contribution in [-0.4, -0.2) is 36.9 Å². The Morgan fingerprint density at radius 2 is 2.14 bits per heavy atom. The summed E-state index contributed by atoms with van der Waals surface area (Å²) in [6.45, 7) is 0. The molecule has 1 rings (SSSR count). The minimum Gasteiger partial charge on any atom is -0.373 e. The fraction of sp³-hybridized carbons (Fsp3) is 0.333. The number of amides is 1. The van der Waals surface area contributed by atoms with Gasteiger partial charge in [0, 0.05) is 21.1 Å². The van der Waals surface area contributed by atoms with Crippen molar-refractivity contribution in [2.75, 3.05) is 26.5 Å². The molecule has 1 N–H and O–H groups in total. The zero-order valence-electron chi connectivity index (χ0n) is 8.34. The molecule has 5 heteroatoms. The van der Waals surface area contributed by atoms with E-state index in [2.05, 4.69) is 10.3 Å². The largest absolute Gasteiger partial charge is 0.373 e. The molecule has 0 aliphatic rings. The molecule has 4 nitrogen and oxygen atoms in total. The summed E-state index contributed by atoms with van der Waals surface area (Å²) < 4.78 is 0. The number of anilines is 1. The highest BCUT2D eigenvalue weighted by Gasteiger charge is 2.13. The highest BCUT2D eigenvalue weighted by atomic mass is 35.5. The number of hydrogen-bond acceptors (Lipinski definition) is 3. The summed E-state index contributed by atoms with van der Waals surface area (Å²) in [7, 11) is 5.08. The van der Waals surface area contributed by atoms with Crippen molar-refractivity contribution in [3.05, 3.63) is 22.8 Å². The van der Waals surface area contributed by atoms with Crippen LogP contribution in [0.3, 0.4) is 0 Å². The van der Waals surface area contributed by atoms with Crippen LogP contribution in [0.4, 0.5) is 5.82 Å². The average Bonchev–Trinajstić information content (AvgIpc) is 2.16. The lowest BCUT2D eigenvalue weighted by atomic mass is 10.2. The molecule has 1 aromatic rings. The number of nitrogens with one attached hydrogen (secondary N) is 1. The van der Waals surface area contributed by atoms with E-state index in [9.17, 15) is 4.79 Å². The SMILES string of the molecule is CNc1ccc(C(=O)N(C)C)c(Cl)n1. The van der Waals surface area contributed by atoms with E-state index in [0.717, 1.165) is 0 Å². The van der Waals surface area contributed by atoms with Crippen molar-refractivity contribution >= 4 is 23.3 Å². The maximum atomic E-state index is 11.5. The van der Waals surface area contributed by atoms with E-state index in [1.807, 2.05) is 0 Å². The standard InChI is InChI=1S/C9H12ClN3O/c1-11-7-5-4-6(8(10)12-7)9(14)13(2)3/h4-5H,1-3H3,(H,11,12). The Morgan fingerprint density at radius 3 is 2.57 bits per heavy atom. The molecule has 1 amide bonds. The Balaban J connectivity index is 3.06. The number of aromatic nitrogens is 1. The van der Waals surface area contributed by atoms with Crippen LogP contribution >= 0.6 is 11.6 Å². The summed E-state index contributed by atoms with van der Waals surface area (Å²) in [6, 6.07) is 3.37. The van der Waals surface area contributed by atoms with E-state index < -0.39 is 0 Å². The molecule has 0 unspecified atom stereocenters. The summed E-state index contributed by atoms with van der Waals surface area (Å²) >= 11 is 5.85. The lowest BCUT2D eigenvalue weighted by Crippen LogP contribution is -2.22. The second-order valence-electron chi connectivity index (χ2n) is 2.98. The first-order valence-electron chi connectivity index (χ1n) is 4.12. The van der Waals surface area contributed by atoms with Gasteiger partial charge in [-0.1, -0.05) is 11.6 Å². The average molecular weight is 214 g/mol. The second-order valence-corrected chi connectivity index (χ2v) is 3.34. The van der Waals surface area contributed by atoms with Crippen LogP contribution in [0.25, 0.3) is 0 Å². The third kappa shape index (κ3) is 2.14. The predicted molar refractivity (Wildman–Crippen MR) is 56.8 cm³/mol. The van der Waals surface area contributed by atoms with Crippen LogP contribution in [0.5, 0.6) is 0 Å². The summed E-state index contributed by atoms with van der Waals surface area (Å²) in [5.74, 6) is 0.496. The van der Waals surface area contributed by atoms with Crippen molar-refractivity contribution in [2.45, 2.75) is 0 Å². The van der Waals surface area contributed by atoms with Gasteiger partial charge in [0.1, 0.15) is 11.0 Å². The van der Waals surface area contributed by atoms with Crippen molar-refractivity contribution < 1.29 is 4.79 Å². The van der Waals surface area contributed by atoms with Crippen molar-refractivity contribution in [1.82, 2.24) is 9.88 Å². The summed E-state index contributed by atoms with van der Waals surface area (Å²) in [5.41, 5.74) is 0.413. The highest BCUT2D eigenvalue weighted by Crippen LogP contribution is 2.17. The first-order valence-corrected chi connectivity index (χ1v) is 4.50. The Labute approximate surface area is 87.9 Å². The molecule has 0 spiro atoms. The zero-order chi connectivity index (χ0) is 10.7. The van der Waals surface area contributed by atoms with E-state index in [-0.39, 0.29) is 11.1 Å². The maximum absolute atomic E-state index is 11.5. The van der Waals surface area contributed by atoms with Gasteiger partial charge in [-0.15, -0.1) is 0 Å². The van der Waals surface area contributed by atoms with Crippen LogP contribution in [0.1, 0.15) is 10.4 Å². The summed E-state index contributed by atoms with van der Waals surface area (Å²) in [6.07, 6.45) is 0. The van der Waals surface area contributed by atoms with Crippen molar-refractivity contribution in [3.63, 3.8) is 0 Å². The van der Waals surface area contributed by atoms with Gasteiger partial charge in [-0.05, 0) is 12.1 Å². The smallest absolute Gasteiger partial charge is 0.256 e. The van der Waals surface area contributed by atoms with Crippen molar-refractivity contribution in [1.29, 1.82) is 0 Å². The van der Waals surface area contributed by atoms with Gasteiger partial charge in [-0.2, -0.15) is 0 Å². The lowest BCUT2D eigenvalue weighted by molar-refractivity contribution is 0.0827. The molecule has 0 bridgehead atoms. The normalized spacial score (nSPS) is 9.71. The fourth-order valence-electron chi connectivity index (χ4n) is 0.974. The van der Waals surface area contributed by atoms with Gasteiger partial charge >= 0.3 is 0 Å². The zero-order valence-corrected chi connectivity index (χ0v) is 9.09. The van der Waals surface area contributed by atoms with Crippen LogP contribution in [0.2, 0.25) is 5.15 Å². The number of nitrogens with zero attached hydrogens (tertiary/aromatic N) is 2. The predicted octanol–water partition coefficient (Wildman–Crippen LogP) is 1.48. The Hall–Kier alpha value is -1.29. The van der Waals surface area contributed by atoms with E-state index >= 15 is 0 Å². The molecule has 76 valence electrons. The monoisotopic (exact) mass is 213 g/mol. The first-order chi connectivity index (χ1) is 6.56. The minimum absolute atomic E-state index is 0.148. The third-order valence-corrected chi connectivity index (χ3v) is 2.03. The topological polar surface area (TPSA) is 45.2 Å². The molecule has 0 aromatic carbocycles. The maximum Gasteiger partial charge on any atom is 0.256 e. The number of hydrogen-bond donors (Lipinski definition) is 1. The van der Waals surface area contributed by atoms with Gasteiger partial charge in [-0.3, -0.25) is 4.79 Å². The molecule has 1 aromatic heterocycles. The van der Waals surface area contributed by atoms with Gasteiger partial charge in [0.2, 0.25) is 0 Å². The highest BCUT2D eigenvalue weighted by molar-refractivity contribution is 6.32. The Bertz CT molecular complexity index is 352. The summed E-state index contributed by atoms with van der Waals surface area (Å²) in [4.78, 5) is 17.0. The molecule has 0 atom stereocenters. The molecule has 0 saturated carbocycles. The third-order valence-electron chi connectivity index (χ3n) is 1.74. The van der Waals surface area contributed by atoms with E-state index in [4.69, 9.17) is 11.6 Å². The quantitative estimate of drug-likeness (QED) is 0.757. The molecular weight excluding hydrogens is 202 g/mol. The lowest BCUT2D eigenvalue weighted by Gasteiger charge is -2.11. The summed E-state index contributed by atoms with van der Waals surface area (Å²) in [5, 5.41) is 3.06. The fourth-order valence-corrected chi connectivity index (χ4v) is 1.21. The number of carbonyl (C=O) groups is 1. The number of rotatable bonds is 2. The number of pyridine rings is 1. The van der Waals surface area contributed by atoms with Gasteiger partial charge in [0.05, 0.1) is 5.56 Å². The van der Waals surface area contributed by atoms with E-state index in [1.54, 1.807) is 33.3 Å². The van der Waals surface area contributed by atoms with Gasteiger partial charge in [0.25, 0.3) is 5.91 Å². The molecular formula is C9H12ClN3O. The molecule has 0 saturated heterocycles. The molecule has 1 heterocycles. The van der Waals surface area contributed by atoms with Crippen molar-refractivity contribution in [2.24, 2.45) is 0 Å². The Kier molecular flexibility index (Phi) is 3.30. The molecule has 0 aliphatic heterocycles. The van der Waals surface area contributed by atoms with Crippen LogP contribution in [0.15, 0.2) is 12.1 Å². The number of halogens is 1. The molecule has 0 fully saturated rings. The van der Waals surface area contributed by atoms with Crippen LogP contribution < -0.4 is 5.32 Å². The van der Waals surface area contributed by atoms with Gasteiger partial charge < -0.3 is 10.2 Å². The molecule has 0 radical (unpaired) electrons. The van der Waals surface area contributed by atoms with E-state index in [1.165, 1.54) is 4.90 Å². The molecule has 14 heavy (non-hydrogen) atoms. The Morgan fingerprint density at radius 1 is 1.50 bits per heavy atom. The number of carbonyl (C=O) groups excluding carboxylic acids is 1. The van der Waals surface area contributed by atoms with Crippen molar-refractivity contribution in [3.8, 4) is 0 Å². The molecule has 0 aliphatic carbocycles. The van der Waals surface area contributed by atoms with Crippen LogP contribution in [0, 0.1) is 0 Å². The second kappa shape index (κ2) is 4.28. The van der Waals surface area contributed by atoms with Gasteiger partial charge in [-0.25, -0.2) is 4.98 Å². The first kappa shape index (κ1) is 10.8. The minimum atomic E-state index is -0.148. The van der Waals surface area contributed by atoms with E-state index in [0.29, 0.717) is 11.4 Å². The van der Waals surface area contributed by atoms with Gasteiger partial charge in [0.15, 0.2) is 0 Å². The van der Waals surface area contributed by atoms with Crippen LogP contribution in [-0.2, 0) is 0 Å².